The van der Waals surface area contributed by atoms with Crippen molar-refractivity contribution in [1.82, 2.24) is 0 Å². The number of alkyl halides is 3. The Kier molecular flexibility index (Phi) is 2.69. The summed E-state index contributed by atoms with van der Waals surface area (Å²) in [6, 6.07) is 3.40. The molecule has 16 heavy (non-hydrogen) atoms. The second-order valence-electron chi connectivity index (χ2n) is 3.24. The van der Waals surface area contributed by atoms with Crippen LogP contribution in [0, 0.1) is 0 Å². The summed E-state index contributed by atoms with van der Waals surface area (Å²) in [4.78, 5) is 0. The van der Waals surface area contributed by atoms with Crippen molar-refractivity contribution in [3.8, 4) is 0 Å². The first kappa shape index (κ1) is 11.4. The van der Waals surface area contributed by atoms with E-state index in [1.807, 2.05) is 0 Å². The van der Waals surface area contributed by atoms with Crippen molar-refractivity contribution in [1.29, 1.82) is 0 Å². The Morgan fingerprint density at radius 2 is 1.81 bits per heavy atom. The highest BCUT2D eigenvalue weighted by Gasteiger charge is 2.34. The first-order valence-electron chi connectivity index (χ1n) is 4.34. The number of hydrogen-bond acceptors (Lipinski definition) is 3. The van der Waals surface area contributed by atoms with Crippen molar-refractivity contribution in [2.45, 2.75) is 6.18 Å². The van der Waals surface area contributed by atoms with Crippen LogP contribution in [-0.2, 0) is 6.18 Å². The summed E-state index contributed by atoms with van der Waals surface area (Å²) < 4.78 is 37.9. The van der Waals surface area contributed by atoms with E-state index in [9.17, 15) is 13.2 Å². The number of halogens is 3. The largest absolute Gasteiger partial charge is 0.489 e. The van der Waals surface area contributed by atoms with E-state index in [4.69, 9.17) is 10.0 Å². The van der Waals surface area contributed by atoms with E-state index in [1.165, 1.54) is 11.4 Å². The molecule has 0 saturated carbocycles. The molecule has 1 heterocycles. The maximum Gasteiger partial charge on any atom is 0.489 e. The third-order valence-corrected chi connectivity index (χ3v) is 3.18. The summed E-state index contributed by atoms with van der Waals surface area (Å²) in [5, 5.41) is 19.7. The van der Waals surface area contributed by atoms with E-state index in [-0.39, 0.29) is 15.5 Å². The predicted molar refractivity (Wildman–Crippen MR) is 56.7 cm³/mol. The standard InChI is InChI=1S/C9H6BF3O2S/c11-9(12,13)6-1-2-7(10(14)15)5-3-4-16-8(5)6/h1-4,14-15H. The maximum absolute atomic E-state index is 12.6. The van der Waals surface area contributed by atoms with E-state index >= 15 is 0 Å². The van der Waals surface area contributed by atoms with Gasteiger partial charge in [-0.25, -0.2) is 0 Å². The van der Waals surface area contributed by atoms with E-state index in [1.54, 1.807) is 0 Å². The highest BCUT2D eigenvalue weighted by atomic mass is 32.1. The summed E-state index contributed by atoms with van der Waals surface area (Å²) in [6.07, 6.45) is -4.43. The molecule has 7 heteroatoms. The van der Waals surface area contributed by atoms with Gasteiger partial charge in [0.25, 0.3) is 0 Å². The van der Waals surface area contributed by atoms with Gasteiger partial charge in [-0.05, 0) is 28.4 Å². The zero-order chi connectivity index (χ0) is 11.9. The summed E-state index contributed by atoms with van der Waals surface area (Å²) in [5.41, 5.74) is -0.661. The average Bonchev–Trinajstić information content (AvgIpc) is 2.61. The Balaban J connectivity index is 2.74. The van der Waals surface area contributed by atoms with Crippen LogP contribution in [0.4, 0.5) is 13.2 Å². The minimum atomic E-state index is -4.43. The van der Waals surface area contributed by atoms with Gasteiger partial charge in [-0.15, -0.1) is 11.3 Å². The first-order valence-corrected chi connectivity index (χ1v) is 5.22. The second kappa shape index (κ2) is 3.76. The molecule has 2 nitrogen and oxygen atoms in total. The molecule has 0 amide bonds. The minimum Gasteiger partial charge on any atom is -0.423 e. The van der Waals surface area contributed by atoms with Crippen LogP contribution in [0.5, 0.6) is 0 Å². The minimum absolute atomic E-state index is 0.0260. The molecule has 2 N–H and O–H groups in total. The van der Waals surface area contributed by atoms with Gasteiger partial charge < -0.3 is 10.0 Å². The monoisotopic (exact) mass is 246 g/mol. The molecular weight excluding hydrogens is 240 g/mol. The van der Waals surface area contributed by atoms with Crippen molar-refractivity contribution < 1.29 is 23.2 Å². The van der Waals surface area contributed by atoms with Crippen LogP contribution in [0.1, 0.15) is 5.56 Å². The summed E-state index contributed by atoms with van der Waals surface area (Å²) in [5.74, 6) is 0. The molecule has 0 bridgehead atoms. The van der Waals surface area contributed by atoms with Gasteiger partial charge in [-0.2, -0.15) is 13.2 Å². The molecule has 0 fully saturated rings. The Labute approximate surface area is 93.1 Å². The van der Waals surface area contributed by atoms with Crippen molar-refractivity contribution >= 4 is 34.0 Å². The van der Waals surface area contributed by atoms with E-state index < -0.39 is 18.9 Å². The molecule has 2 rings (SSSR count). The van der Waals surface area contributed by atoms with E-state index in [0.29, 0.717) is 0 Å². The van der Waals surface area contributed by atoms with Crippen molar-refractivity contribution in [2.75, 3.05) is 0 Å². The SMILES string of the molecule is OB(O)c1ccc(C(F)(F)F)c2sccc12. The normalized spacial score (nSPS) is 12.1. The number of rotatable bonds is 1. The lowest BCUT2D eigenvalue weighted by atomic mass is 9.78. The number of benzene rings is 1. The third-order valence-electron chi connectivity index (χ3n) is 2.23. The average molecular weight is 246 g/mol. The van der Waals surface area contributed by atoms with Gasteiger partial charge in [0.05, 0.1) is 5.56 Å². The number of fused-ring (bicyclic) bond motifs is 1. The smallest absolute Gasteiger partial charge is 0.423 e. The molecule has 0 atom stereocenters. The molecule has 0 radical (unpaired) electrons. The Bertz CT molecular complexity index is 521. The molecular formula is C9H6BF3O2S. The van der Waals surface area contributed by atoms with Crippen LogP contribution >= 0.6 is 11.3 Å². The topological polar surface area (TPSA) is 40.5 Å². The lowest BCUT2D eigenvalue weighted by Crippen LogP contribution is -2.30. The van der Waals surface area contributed by atoms with Crippen LogP contribution in [0.25, 0.3) is 10.1 Å². The van der Waals surface area contributed by atoms with Gasteiger partial charge in [0, 0.05) is 4.70 Å². The summed E-state index contributed by atoms with van der Waals surface area (Å²) in [7, 11) is -1.76. The number of hydrogen-bond donors (Lipinski definition) is 2. The maximum atomic E-state index is 12.6. The molecule has 1 aromatic carbocycles. The lowest BCUT2D eigenvalue weighted by molar-refractivity contribution is -0.136. The molecule has 0 spiro atoms. The van der Waals surface area contributed by atoms with Crippen molar-refractivity contribution in [2.24, 2.45) is 0 Å². The van der Waals surface area contributed by atoms with Gasteiger partial charge in [-0.3, -0.25) is 0 Å². The molecule has 0 aliphatic rings. The van der Waals surface area contributed by atoms with Crippen LogP contribution in [0.3, 0.4) is 0 Å². The van der Waals surface area contributed by atoms with Gasteiger partial charge >= 0.3 is 13.3 Å². The summed E-state index contributed by atoms with van der Waals surface area (Å²) >= 11 is 0.930. The summed E-state index contributed by atoms with van der Waals surface area (Å²) in [6.45, 7) is 0. The zero-order valence-corrected chi connectivity index (χ0v) is 8.64. The van der Waals surface area contributed by atoms with E-state index in [0.717, 1.165) is 23.5 Å². The van der Waals surface area contributed by atoms with Crippen LogP contribution < -0.4 is 5.46 Å². The Morgan fingerprint density at radius 1 is 1.12 bits per heavy atom. The lowest BCUT2D eigenvalue weighted by Gasteiger charge is -2.10. The quantitative estimate of drug-likeness (QED) is 0.750. The molecule has 0 saturated heterocycles. The Morgan fingerprint density at radius 3 is 2.38 bits per heavy atom. The molecule has 2 aromatic rings. The fourth-order valence-electron chi connectivity index (χ4n) is 1.53. The third kappa shape index (κ3) is 1.81. The predicted octanol–water partition coefficient (Wildman–Crippen LogP) is 1.60. The van der Waals surface area contributed by atoms with Crippen molar-refractivity contribution in [3.05, 3.63) is 29.1 Å². The van der Waals surface area contributed by atoms with Crippen LogP contribution in [-0.4, -0.2) is 17.2 Å². The number of thiophene rings is 1. The Hall–Kier alpha value is -1.05. The second-order valence-corrected chi connectivity index (χ2v) is 4.15. The highest BCUT2D eigenvalue weighted by molar-refractivity contribution is 7.17. The fraction of sp³-hybridized carbons (Fsp3) is 0.111. The van der Waals surface area contributed by atoms with Crippen LogP contribution in [0.15, 0.2) is 23.6 Å². The van der Waals surface area contributed by atoms with Crippen LogP contribution in [0.2, 0.25) is 0 Å². The molecule has 0 aliphatic heterocycles. The van der Waals surface area contributed by atoms with Crippen molar-refractivity contribution in [3.63, 3.8) is 0 Å². The van der Waals surface area contributed by atoms with E-state index in [2.05, 4.69) is 0 Å². The van der Waals surface area contributed by atoms with Gasteiger partial charge in [0.2, 0.25) is 0 Å². The fourth-order valence-corrected chi connectivity index (χ4v) is 2.50. The molecule has 84 valence electrons. The van der Waals surface area contributed by atoms with Gasteiger partial charge in [0.1, 0.15) is 0 Å². The molecule has 0 aliphatic carbocycles. The van der Waals surface area contributed by atoms with Gasteiger partial charge in [0.15, 0.2) is 0 Å². The first-order chi connectivity index (χ1) is 7.41. The highest BCUT2D eigenvalue weighted by Crippen LogP contribution is 2.36. The molecule has 1 aromatic heterocycles. The van der Waals surface area contributed by atoms with Gasteiger partial charge in [-0.1, -0.05) is 6.07 Å². The molecule has 0 unspecified atom stereocenters. The zero-order valence-electron chi connectivity index (χ0n) is 7.82.